The molecule has 2 fully saturated rings. The summed E-state index contributed by atoms with van der Waals surface area (Å²) in [5.74, 6) is -0.875. The summed E-state index contributed by atoms with van der Waals surface area (Å²) in [7, 11) is 0. The number of likely N-dealkylation sites (tertiary alicyclic amines) is 1. The normalized spacial score (nSPS) is 29.7. The summed E-state index contributed by atoms with van der Waals surface area (Å²) in [4.78, 5) is 26.4. The Morgan fingerprint density at radius 3 is 2.39 bits per heavy atom. The maximum absolute atomic E-state index is 13.1. The molecule has 3 rings (SSSR count). The van der Waals surface area contributed by atoms with Crippen LogP contribution in [0.15, 0.2) is 30.3 Å². The van der Waals surface area contributed by atoms with E-state index < -0.39 is 12.0 Å². The second-order valence-corrected chi connectivity index (χ2v) is 7.71. The van der Waals surface area contributed by atoms with Crippen molar-refractivity contribution in [3.63, 3.8) is 0 Å². The van der Waals surface area contributed by atoms with Gasteiger partial charge in [-0.15, -0.1) is 0 Å². The van der Waals surface area contributed by atoms with Gasteiger partial charge in [-0.3, -0.25) is 4.79 Å². The van der Waals surface area contributed by atoms with Gasteiger partial charge in [0.2, 0.25) is 5.91 Å². The highest BCUT2D eigenvalue weighted by Gasteiger charge is 2.46. The molecule has 3 unspecified atom stereocenters. The Labute approximate surface area is 137 Å². The van der Waals surface area contributed by atoms with Crippen molar-refractivity contribution >= 4 is 11.9 Å². The molecule has 1 saturated heterocycles. The van der Waals surface area contributed by atoms with Crippen LogP contribution in [0.2, 0.25) is 0 Å². The fourth-order valence-electron chi connectivity index (χ4n) is 4.22. The molecule has 1 heterocycles. The third kappa shape index (κ3) is 3.12. The minimum absolute atomic E-state index is 0.0313. The van der Waals surface area contributed by atoms with E-state index in [9.17, 15) is 14.7 Å². The molecule has 4 heteroatoms. The molecule has 1 amide bonds. The summed E-state index contributed by atoms with van der Waals surface area (Å²) >= 11 is 0. The molecular weight excluding hydrogens is 290 g/mol. The van der Waals surface area contributed by atoms with Gasteiger partial charge in [-0.2, -0.15) is 0 Å². The number of carboxylic acid groups (broad SMARTS) is 1. The predicted molar refractivity (Wildman–Crippen MR) is 87.8 cm³/mol. The predicted octanol–water partition coefficient (Wildman–Crippen LogP) is 3.63. The molecule has 1 aromatic carbocycles. The maximum Gasteiger partial charge on any atom is 0.326 e. The van der Waals surface area contributed by atoms with Gasteiger partial charge in [0.1, 0.15) is 6.04 Å². The third-order valence-electron chi connectivity index (χ3n) is 5.43. The van der Waals surface area contributed by atoms with Crippen molar-refractivity contribution in [2.75, 3.05) is 0 Å². The molecule has 1 saturated carbocycles. The van der Waals surface area contributed by atoms with Crippen LogP contribution in [0.25, 0.3) is 0 Å². The van der Waals surface area contributed by atoms with Crippen molar-refractivity contribution in [3.8, 4) is 0 Å². The largest absolute Gasteiger partial charge is 0.480 e. The van der Waals surface area contributed by atoms with Crippen LogP contribution in [0.3, 0.4) is 0 Å². The minimum Gasteiger partial charge on any atom is -0.480 e. The first-order valence-corrected chi connectivity index (χ1v) is 8.49. The number of benzene rings is 1. The van der Waals surface area contributed by atoms with Crippen LogP contribution in [0.5, 0.6) is 0 Å². The summed E-state index contributed by atoms with van der Waals surface area (Å²) in [5.41, 5.74) is 1.22. The van der Waals surface area contributed by atoms with Crippen LogP contribution in [-0.2, 0) is 9.59 Å². The summed E-state index contributed by atoms with van der Waals surface area (Å²) < 4.78 is 0. The van der Waals surface area contributed by atoms with E-state index in [0.29, 0.717) is 6.42 Å². The lowest BCUT2D eigenvalue weighted by Gasteiger charge is -2.31. The number of hydrogen-bond donors (Lipinski definition) is 1. The maximum atomic E-state index is 13.1. The van der Waals surface area contributed by atoms with Crippen LogP contribution in [0.1, 0.15) is 57.6 Å². The van der Waals surface area contributed by atoms with Crippen molar-refractivity contribution in [2.24, 2.45) is 11.3 Å². The first-order valence-electron chi connectivity index (χ1n) is 8.49. The van der Waals surface area contributed by atoms with Crippen LogP contribution in [0, 0.1) is 11.3 Å². The highest BCUT2D eigenvalue weighted by Crippen LogP contribution is 2.45. The minimum atomic E-state index is -0.881. The Balaban J connectivity index is 1.87. The highest BCUT2D eigenvalue weighted by molar-refractivity contribution is 5.86. The van der Waals surface area contributed by atoms with Gasteiger partial charge in [0.05, 0.1) is 6.04 Å². The summed E-state index contributed by atoms with van der Waals surface area (Å²) in [6.07, 6.45) is 4.02. The Kier molecular flexibility index (Phi) is 4.17. The molecule has 4 nitrogen and oxygen atoms in total. The molecule has 1 aliphatic heterocycles. The molecule has 124 valence electrons. The number of carbonyl (C=O) groups excluding carboxylic acids is 1. The summed E-state index contributed by atoms with van der Waals surface area (Å²) in [6.45, 7) is 4.38. The summed E-state index contributed by atoms with van der Waals surface area (Å²) in [5, 5.41) is 9.55. The smallest absolute Gasteiger partial charge is 0.326 e. The quantitative estimate of drug-likeness (QED) is 0.926. The molecule has 3 atom stereocenters. The average Bonchev–Trinajstić information content (AvgIpc) is 3.11. The lowest BCUT2D eigenvalue weighted by Crippen LogP contribution is -2.44. The average molecular weight is 315 g/mol. The van der Waals surface area contributed by atoms with Crippen molar-refractivity contribution in [3.05, 3.63) is 35.9 Å². The van der Waals surface area contributed by atoms with Crippen molar-refractivity contribution in [1.82, 2.24) is 4.90 Å². The van der Waals surface area contributed by atoms with Gasteiger partial charge in [0.25, 0.3) is 0 Å². The van der Waals surface area contributed by atoms with Gasteiger partial charge >= 0.3 is 5.97 Å². The van der Waals surface area contributed by atoms with Crippen molar-refractivity contribution in [2.45, 2.75) is 58.0 Å². The van der Waals surface area contributed by atoms with Gasteiger partial charge in [-0.1, -0.05) is 44.2 Å². The molecule has 0 radical (unpaired) electrons. The van der Waals surface area contributed by atoms with E-state index >= 15 is 0 Å². The van der Waals surface area contributed by atoms with Gasteiger partial charge in [0.15, 0.2) is 0 Å². The molecule has 2 aliphatic rings. The number of carbonyl (C=O) groups is 2. The van der Waals surface area contributed by atoms with E-state index in [2.05, 4.69) is 13.8 Å². The van der Waals surface area contributed by atoms with E-state index in [-0.39, 0.29) is 23.3 Å². The lowest BCUT2D eigenvalue weighted by molar-refractivity contribution is -0.151. The van der Waals surface area contributed by atoms with E-state index in [1.165, 1.54) is 0 Å². The molecule has 0 aromatic heterocycles. The van der Waals surface area contributed by atoms with Crippen molar-refractivity contribution < 1.29 is 14.7 Å². The molecule has 1 N–H and O–H groups in total. The number of amides is 1. The standard InChI is InChI=1S/C19H25NO3/c1-19(2)11-10-14(12-19)17(21)20-15(8-9-16(20)18(22)23)13-6-4-3-5-7-13/h3-7,14-16H,8-12H2,1-2H3,(H,22,23). The number of rotatable bonds is 3. The van der Waals surface area contributed by atoms with Crippen LogP contribution in [0.4, 0.5) is 0 Å². The Bertz CT molecular complexity index is 596. The van der Waals surface area contributed by atoms with Gasteiger partial charge in [0, 0.05) is 5.92 Å². The molecule has 0 spiro atoms. The second kappa shape index (κ2) is 5.99. The van der Waals surface area contributed by atoms with E-state index in [4.69, 9.17) is 0 Å². The molecule has 23 heavy (non-hydrogen) atoms. The van der Waals surface area contributed by atoms with E-state index in [1.807, 2.05) is 30.3 Å². The number of hydrogen-bond acceptors (Lipinski definition) is 2. The number of carboxylic acids is 1. The third-order valence-corrected chi connectivity index (χ3v) is 5.43. The van der Waals surface area contributed by atoms with Crippen LogP contribution in [-0.4, -0.2) is 27.9 Å². The zero-order valence-corrected chi connectivity index (χ0v) is 13.9. The lowest BCUT2D eigenvalue weighted by atomic mass is 9.90. The summed E-state index contributed by atoms with van der Waals surface area (Å²) in [6, 6.07) is 9.04. The van der Waals surface area contributed by atoms with Crippen LogP contribution < -0.4 is 0 Å². The second-order valence-electron chi connectivity index (χ2n) is 7.71. The first-order chi connectivity index (χ1) is 10.9. The van der Waals surface area contributed by atoms with Gasteiger partial charge in [-0.25, -0.2) is 4.79 Å². The Morgan fingerprint density at radius 2 is 1.83 bits per heavy atom. The zero-order valence-electron chi connectivity index (χ0n) is 13.9. The zero-order chi connectivity index (χ0) is 16.6. The molecule has 1 aromatic rings. The van der Waals surface area contributed by atoms with E-state index in [1.54, 1.807) is 4.90 Å². The number of aliphatic carboxylic acids is 1. The van der Waals surface area contributed by atoms with Gasteiger partial charge < -0.3 is 10.0 Å². The first kappa shape index (κ1) is 16.0. The highest BCUT2D eigenvalue weighted by atomic mass is 16.4. The fraction of sp³-hybridized carbons (Fsp3) is 0.579. The Morgan fingerprint density at radius 1 is 1.13 bits per heavy atom. The van der Waals surface area contributed by atoms with E-state index in [0.717, 1.165) is 31.2 Å². The van der Waals surface area contributed by atoms with Gasteiger partial charge in [-0.05, 0) is 43.1 Å². The topological polar surface area (TPSA) is 57.6 Å². The SMILES string of the molecule is CC1(C)CCC(C(=O)N2C(C(=O)O)CCC2c2ccccc2)C1. The van der Waals surface area contributed by atoms with Crippen molar-refractivity contribution in [1.29, 1.82) is 0 Å². The molecule has 1 aliphatic carbocycles. The fourth-order valence-corrected chi connectivity index (χ4v) is 4.22. The molecular formula is C19H25NO3. The molecule has 0 bridgehead atoms. The Hall–Kier alpha value is -1.84. The van der Waals surface area contributed by atoms with Crippen LogP contribution >= 0.6 is 0 Å². The number of nitrogens with zero attached hydrogens (tertiary/aromatic N) is 1. The monoisotopic (exact) mass is 315 g/mol.